The van der Waals surface area contributed by atoms with Crippen LogP contribution >= 0.6 is 11.8 Å². The number of thioether (sulfide) groups is 1. The molecule has 2 aromatic rings. The Labute approximate surface area is 102 Å². The smallest absolute Gasteiger partial charge is 0.313 e. The van der Waals surface area contributed by atoms with Gasteiger partial charge in [-0.05, 0) is 6.92 Å². The van der Waals surface area contributed by atoms with Gasteiger partial charge < -0.3 is 5.11 Å². The first-order chi connectivity index (χ1) is 8.08. The first-order valence-electron chi connectivity index (χ1n) is 4.96. The zero-order chi connectivity index (χ0) is 12.4. The summed E-state index contributed by atoms with van der Waals surface area (Å²) >= 11 is 1.20. The molecule has 0 spiro atoms. The van der Waals surface area contributed by atoms with E-state index in [1.54, 1.807) is 17.1 Å². The van der Waals surface area contributed by atoms with Crippen molar-refractivity contribution in [1.82, 2.24) is 19.3 Å². The van der Waals surface area contributed by atoms with Crippen LogP contribution in [0.3, 0.4) is 0 Å². The number of hydrogen-bond donors (Lipinski definition) is 1. The zero-order valence-electron chi connectivity index (χ0n) is 9.49. The molecule has 0 radical (unpaired) electrons. The molecule has 0 aromatic carbocycles. The van der Waals surface area contributed by atoms with E-state index in [0.29, 0.717) is 5.16 Å². The van der Waals surface area contributed by atoms with Gasteiger partial charge in [-0.15, -0.1) is 0 Å². The first kappa shape index (κ1) is 11.7. The lowest BCUT2D eigenvalue weighted by Gasteiger charge is -2.05. The highest BCUT2D eigenvalue weighted by molar-refractivity contribution is 7.99. The molecule has 0 atom stereocenters. The fourth-order valence-electron chi connectivity index (χ4n) is 1.48. The van der Waals surface area contributed by atoms with Crippen LogP contribution in [0.5, 0.6) is 0 Å². The number of hydrogen-bond acceptors (Lipinski definition) is 4. The van der Waals surface area contributed by atoms with Crippen molar-refractivity contribution in [3.63, 3.8) is 0 Å². The van der Waals surface area contributed by atoms with Gasteiger partial charge in [-0.25, -0.2) is 4.98 Å². The van der Waals surface area contributed by atoms with Crippen LogP contribution in [0.1, 0.15) is 5.69 Å². The summed E-state index contributed by atoms with van der Waals surface area (Å²) in [5.74, 6) is -0.857. The quantitative estimate of drug-likeness (QED) is 0.825. The van der Waals surface area contributed by atoms with E-state index < -0.39 is 5.97 Å². The van der Waals surface area contributed by atoms with E-state index in [2.05, 4.69) is 10.1 Å². The molecule has 0 aliphatic rings. The third-order valence-corrected chi connectivity index (χ3v) is 3.12. The molecule has 2 heterocycles. The summed E-state index contributed by atoms with van der Waals surface area (Å²) in [6.07, 6.45) is 5.30. The number of aromatic nitrogens is 4. The van der Waals surface area contributed by atoms with Crippen LogP contribution in [-0.4, -0.2) is 36.2 Å². The monoisotopic (exact) mass is 252 g/mol. The van der Waals surface area contributed by atoms with Crippen LogP contribution in [0.15, 0.2) is 23.7 Å². The lowest BCUT2D eigenvalue weighted by molar-refractivity contribution is -0.133. The van der Waals surface area contributed by atoms with Crippen LogP contribution in [0.4, 0.5) is 0 Å². The van der Waals surface area contributed by atoms with Crippen molar-refractivity contribution in [3.05, 3.63) is 24.3 Å². The van der Waals surface area contributed by atoms with Gasteiger partial charge in [0.05, 0.1) is 17.6 Å². The Kier molecular flexibility index (Phi) is 3.19. The van der Waals surface area contributed by atoms with Gasteiger partial charge in [-0.2, -0.15) is 5.10 Å². The number of aryl methyl sites for hydroxylation is 2. The number of aliphatic carboxylic acids is 1. The average molecular weight is 252 g/mol. The van der Waals surface area contributed by atoms with Gasteiger partial charge in [-0.3, -0.25) is 14.0 Å². The van der Waals surface area contributed by atoms with Crippen LogP contribution in [0, 0.1) is 6.92 Å². The molecule has 0 saturated carbocycles. The molecule has 0 aliphatic carbocycles. The van der Waals surface area contributed by atoms with Gasteiger partial charge in [0.25, 0.3) is 0 Å². The topological polar surface area (TPSA) is 72.9 Å². The van der Waals surface area contributed by atoms with Crippen LogP contribution in [0.2, 0.25) is 0 Å². The van der Waals surface area contributed by atoms with E-state index in [9.17, 15) is 4.79 Å². The Morgan fingerprint density at radius 2 is 2.29 bits per heavy atom. The average Bonchev–Trinajstić information content (AvgIpc) is 2.82. The van der Waals surface area contributed by atoms with E-state index in [4.69, 9.17) is 5.11 Å². The molecule has 0 fully saturated rings. The Bertz CT molecular complexity index is 546. The Morgan fingerprint density at radius 1 is 1.53 bits per heavy atom. The SMILES string of the molecule is Cc1cnc(SCC(=O)O)n1-c1cnn(C)c1. The van der Waals surface area contributed by atoms with E-state index in [0.717, 1.165) is 11.4 Å². The second-order valence-corrected chi connectivity index (χ2v) is 4.51. The minimum atomic E-state index is -0.853. The third-order valence-electron chi connectivity index (χ3n) is 2.18. The van der Waals surface area contributed by atoms with Crippen molar-refractivity contribution in [2.45, 2.75) is 12.1 Å². The predicted molar refractivity (Wildman–Crippen MR) is 63.4 cm³/mol. The summed E-state index contributed by atoms with van der Waals surface area (Å²) in [5.41, 5.74) is 1.83. The molecular formula is C10H12N4O2S. The standard InChI is InChI=1S/C10H12N4O2S/c1-7-3-11-10(17-6-9(15)16)14(7)8-4-12-13(2)5-8/h3-5H,6H2,1-2H3,(H,15,16). The van der Waals surface area contributed by atoms with Crippen molar-refractivity contribution in [1.29, 1.82) is 0 Å². The van der Waals surface area contributed by atoms with Gasteiger partial charge >= 0.3 is 5.97 Å². The van der Waals surface area contributed by atoms with Crippen molar-refractivity contribution < 1.29 is 9.90 Å². The largest absolute Gasteiger partial charge is 0.481 e. The van der Waals surface area contributed by atoms with E-state index in [1.165, 1.54) is 11.8 Å². The van der Waals surface area contributed by atoms with Gasteiger partial charge in [0.1, 0.15) is 0 Å². The van der Waals surface area contributed by atoms with Crippen molar-refractivity contribution in [3.8, 4) is 5.69 Å². The highest BCUT2D eigenvalue weighted by atomic mass is 32.2. The highest BCUT2D eigenvalue weighted by Gasteiger charge is 2.12. The lowest BCUT2D eigenvalue weighted by atomic mass is 10.5. The van der Waals surface area contributed by atoms with Gasteiger partial charge in [0.15, 0.2) is 5.16 Å². The summed E-state index contributed by atoms with van der Waals surface area (Å²) < 4.78 is 3.58. The Hall–Kier alpha value is -1.76. The number of nitrogens with zero attached hydrogens (tertiary/aromatic N) is 4. The second kappa shape index (κ2) is 4.62. The van der Waals surface area contributed by atoms with Crippen molar-refractivity contribution in [2.75, 3.05) is 5.75 Å². The molecule has 90 valence electrons. The molecule has 2 aromatic heterocycles. The molecular weight excluding hydrogens is 240 g/mol. The molecule has 17 heavy (non-hydrogen) atoms. The predicted octanol–water partition coefficient (Wildman–Crippen LogP) is 1.09. The van der Waals surface area contributed by atoms with Crippen LogP contribution < -0.4 is 0 Å². The molecule has 0 saturated heterocycles. The molecule has 6 nitrogen and oxygen atoms in total. The number of carboxylic acids is 1. The number of rotatable bonds is 4. The highest BCUT2D eigenvalue weighted by Crippen LogP contribution is 2.22. The van der Waals surface area contributed by atoms with Crippen LogP contribution in [-0.2, 0) is 11.8 Å². The van der Waals surface area contributed by atoms with E-state index in [1.807, 2.05) is 24.7 Å². The maximum Gasteiger partial charge on any atom is 0.313 e. The number of carboxylic acid groups (broad SMARTS) is 1. The minimum Gasteiger partial charge on any atom is -0.481 e. The lowest BCUT2D eigenvalue weighted by Crippen LogP contribution is -2.02. The van der Waals surface area contributed by atoms with Crippen LogP contribution in [0.25, 0.3) is 5.69 Å². The first-order valence-corrected chi connectivity index (χ1v) is 5.94. The maximum atomic E-state index is 10.6. The maximum absolute atomic E-state index is 10.6. The summed E-state index contributed by atoms with van der Waals surface area (Å²) in [7, 11) is 1.83. The summed E-state index contributed by atoms with van der Waals surface area (Å²) in [6.45, 7) is 1.92. The fourth-order valence-corrected chi connectivity index (χ4v) is 2.24. The third kappa shape index (κ3) is 2.50. The Morgan fingerprint density at radius 3 is 2.88 bits per heavy atom. The van der Waals surface area contributed by atoms with Gasteiger partial charge in [0.2, 0.25) is 0 Å². The fraction of sp³-hybridized carbons (Fsp3) is 0.300. The molecule has 7 heteroatoms. The molecule has 1 N–H and O–H groups in total. The number of imidazole rings is 1. The summed E-state index contributed by atoms with van der Waals surface area (Å²) in [5, 5.41) is 13.4. The van der Waals surface area contributed by atoms with Crippen molar-refractivity contribution in [2.24, 2.45) is 7.05 Å². The summed E-state index contributed by atoms with van der Waals surface area (Å²) in [6, 6.07) is 0. The van der Waals surface area contributed by atoms with E-state index >= 15 is 0 Å². The molecule has 0 bridgehead atoms. The minimum absolute atomic E-state index is 0.00326. The summed E-state index contributed by atoms with van der Waals surface area (Å²) in [4.78, 5) is 14.8. The molecule has 0 aliphatic heterocycles. The molecule has 2 rings (SSSR count). The normalized spacial score (nSPS) is 10.7. The van der Waals surface area contributed by atoms with Crippen molar-refractivity contribution >= 4 is 17.7 Å². The molecule has 0 unspecified atom stereocenters. The second-order valence-electron chi connectivity index (χ2n) is 3.57. The molecule has 0 amide bonds. The van der Waals surface area contributed by atoms with E-state index in [-0.39, 0.29) is 5.75 Å². The van der Waals surface area contributed by atoms with Gasteiger partial charge in [-0.1, -0.05) is 11.8 Å². The Balaban J connectivity index is 2.32. The van der Waals surface area contributed by atoms with Gasteiger partial charge in [0, 0.05) is 25.1 Å². The zero-order valence-corrected chi connectivity index (χ0v) is 10.3. The number of carbonyl (C=O) groups is 1.